The summed E-state index contributed by atoms with van der Waals surface area (Å²) < 4.78 is 12.6. The Morgan fingerprint density at radius 1 is 1.23 bits per heavy atom. The Labute approximate surface area is 194 Å². The Morgan fingerprint density at radius 2 is 2.00 bits per heavy atom. The molecule has 0 spiro atoms. The number of para-hydroxylation sites is 1. The van der Waals surface area contributed by atoms with E-state index < -0.39 is 5.60 Å². The largest absolute Gasteiger partial charge is 0.489 e. The van der Waals surface area contributed by atoms with Gasteiger partial charge in [-0.25, -0.2) is 0 Å². The molecule has 1 atom stereocenters. The third kappa shape index (κ3) is 7.51. The van der Waals surface area contributed by atoms with E-state index in [-0.39, 0.29) is 12.4 Å². The molecular weight excluding hydrogens is 454 g/mol. The molecule has 1 aliphatic rings. The molecule has 2 aromatic rings. The van der Waals surface area contributed by atoms with Gasteiger partial charge in [0.1, 0.15) is 18.0 Å². The molecule has 5 heteroatoms. The second-order valence-electron chi connectivity index (χ2n) is 9.10. The summed E-state index contributed by atoms with van der Waals surface area (Å²) in [4.78, 5) is 14.6. The van der Waals surface area contributed by atoms with Gasteiger partial charge < -0.3 is 9.47 Å². The highest BCUT2D eigenvalue weighted by Crippen LogP contribution is 2.24. The van der Waals surface area contributed by atoms with Gasteiger partial charge in [0.15, 0.2) is 0 Å². The summed E-state index contributed by atoms with van der Waals surface area (Å²) in [5, 5.41) is 0. The third-order valence-corrected chi connectivity index (χ3v) is 5.65. The highest BCUT2D eigenvalue weighted by Gasteiger charge is 2.19. The molecule has 1 fully saturated rings. The van der Waals surface area contributed by atoms with E-state index in [1.54, 1.807) is 0 Å². The molecule has 166 valence electrons. The molecule has 1 saturated heterocycles. The van der Waals surface area contributed by atoms with Crippen LogP contribution in [-0.4, -0.2) is 36.1 Å². The van der Waals surface area contributed by atoms with Crippen LogP contribution in [0.5, 0.6) is 5.75 Å². The second-order valence-corrected chi connectivity index (χ2v) is 10.0. The van der Waals surface area contributed by atoms with Crippen LogP contribution in [0.15, 0.2) is 53.0 Å². The molecule has 0 radical (unpaired) electrons. The Bertz CT molecular complexity index is 932. The monoisotopic (exact) mass is 485 g/mol. The van der Waals surface area contributed by atoms with Crippen LogP contribution in [0.2, 0.25) is 0 Å². The molecule has 2 aromatic carbocycles. The molecule has 1 aliphatic heterocycles. The molecule has 0 aliphatic carbocycles. The van der Waals surface area contributed by atoms with Crippen LogP contribution in [0.4, 0.5) is 0 Å². The maximum Gasteiger partial charge on any atom is 0.310 e. The van der Waals surface area contributed by atoms with Gasteiger partial charge in [0.2, 0.25) is 0 Å². The molecule has 4 nitrogen and oxygen atoms in total. The number of likely N-dealkylation sites (N-methyl/N-ethyl adjacent to an activating group) is 1. The van der Waals surface area contributed by atoms with E-state index in [0.29, 0.717) is 18.4 Å². The van der Waals surface area contributed by atoms with Crippen molar-refractivity contribution >= 4 is 28.0 Å². The van der Waals surface area contributed by atoms with Crippen molar-refractivity contribution in [1.82, 2.24) is 4.90 Å². The van der Waals surface area contributed by atoms with Crippen molar-refractivity contribution in [1.29, 1.82) is 0 Å². The quantitative estimate of drug-likeness (QED) is 0.449. The minimum Gasteiger partial charge on any atom is -0.489 e. The fourth-order valence-corrected chi connectivity index (χ4v) is 4.30. The number of nitrogens with zero attached hydrogens (tertiary/aromatic N) is 1. The molecule has 1 unspecified atom stereocenters. The number of hydrogen-bond donors (Lipinski definition) is 0. The minimum atomic E-state index is -0.500. The number of esters is 1. The minimum absolute atomic E-state index is 0.189. The van der Waals surface area contributed by atoms with Gasteiger partial charge in [-0.2, -0.15) is 0 Å². The van der Waals surface area contributed by atoms with E-state index in [1.165, 1.54) is 12.8 Å². The molecule has 0 saturated carbocycles. The summed E-state index contributed by atoms with van der Waals surface area (Å²) in [7, 11) is 2.18. The molecule has 31 heavy (non-hydrogen) atoms. The number of carbonyl (C=O) groups is 1. The van der Waals surface area contributed by atoms with Gasteiger partial charge in [0.25, 0.3) is 0 Å². The van der Waals surface area contributed by atoms with Crippen LogP contribution in [-0.2, 0) is 22.6 Å². The smallest absolute Gasteiger partial charge is 0.310 e. The van der Waals surface area contributed by atoms with Crippen molar-refractivity contribution in [3.8, 4) is 5.75 Å². The molecule has 3 rings (SSSR count). The van der Waals surface area contributed by atoms with Gasteiger partial charge in [-0.15, -0.1) is 0 Å². The van der Waals surface area contributed by atoms with Crippen molar-refractivity contribution in [3.63, 3.8) is 0 Å². The van der Waals surface area contributed by atoms with Crippen molar-refractivity contribution in [2.45, 2.75) is 58.3 Å². The average molecular weight is 486 g/mol. The predicted octanol–water partition coefficient (Wildman–Crippen LogP) is 6.02. The standard InChI is InChI=1S/C26H32BrNO3/c1-26(2,3)31-25(29)17-21-8-5-6-10-24(21)30-18-20-14-19(15-22(27)16-20)11-12-23-9-7-13-28(23)4/h5-6,8,10-12,14-16,23H,7,9,13,17-18H2,1-4H3/b12-11+. The summed E-state index contributed by atoms with van der Waals surface area (Å²) in [6.07, 6.45) is 7.14. The van der Waals surface area contributed by atoms with Gasteiger partial charge in [-0.1, -0.05) is 46.3 Å². The van der Waals surface area contributed by atoms with E-state index in [4.69, 9.17) is 9.47 Å². The maximum atomic E-state index is 12.3. The van der Waals surface area contributed by atoms with Crippen LogP contribution in [0.3, 0.4) is 0 Å². The first-order valence-electron chi connectivity index (χ1n) is 10.8. The zero-order chi connectivity index (χ0) is 22.4. The van der Waals surface area contributed by atoms with Gasteiger partial charge in [-0.3, -0.25) is 9.69 Å². The van der Waals surface area contributed by atoms with Gasteiger partial charge in [0.05, 0.1) is 6.42 Å². The van der Waals surface area contributed by atoms with Crippen LogP contribution in [0.1, 0.15) is 50.3 Å². The fourth-order valence-electron chi connectivity index (χ4n) is 3.74. The number of ether oxygens (including phenoxy) is 2. The molecule has 1 heterocycles. The van der Waals surface area contributed by atoms with Crippen LogP contribution >= 0.6 is 15.9 Å². The lowest BCUT2D eigenvalue weighted by atomic mass is 10.1. The molecular formula is C26H32BrNO3. The summed E-state index contributed by atoms with van der Waals surface area (Å²) in [6, 6.07) is 14.5. The lowest BCUT2D eigenvalue weighted by molar-refractivity contribution is -0.153. The van der Waals surface area contributed by atoms with E-state index in [2.05, 4.69) is 58.2 Å². The first-order chi connectivity index (χ1) is 14.7. The summed E-state index contributed by atoms with van der Waals surface area (Å²) in [5.41, 5.74) is 2.55. The number of benzene rings is 2. The van der Waals surface area contributed by atoms with Crippen molar-refractivity contribution < 1.29 is 14.3 Å². The number of rotatable bonds is 7. The van der Waals surface area contributed by atoms with Crippen LogP contribution < -0.4 is 4.74 Å². The average Bonchev–Trinajstić information content (AvgIpc) is 3.08. The SMILES string of the molecule is CN1CCCC1/C=C/c1cc(Br)cc(COc2ccccc2CC(=O)OC(C)(C)C)c1. The van der Waals surface area contributed by atoms with E-state index >= 15 is 0 Å². The lowest BCUT2D eigenvalue weighted by Crippen LogP contribution is -2.25. The third-order valence-electron chi connectivity index (χ3n) is 5.19. The van der Waals surface area contributed by atoms with Crippen LogP contribution in [0, 0.1) is 0 Å². The normalized spacial score (nSPS) is 17.3. The van der Waals surface area contributed by atoms with Crippen molar-refractivity contribution in [2.75, 3.05) is 13.6 Å². The Kier molecular flexibility index (Phi) is 7.95. The van der Waals surface area contributed by atoms with E-state index in [1.807, 2.05) is 45.0 Å². The number of likely N-dealkylation sites (tertiary alicyclic amines) is 1. The van der Waals surface area contributed by atoms with Crippen molar-refractivity contribution in [3.05, 3.63) is 69.7 Å². The second kappa shape index (κ2) is 10.5. The Morgan fingerprint density at radius 3 is 2.71 bits per heavy atom. The first-order valence-corrected chi connectivity index (χ1v) is 11.6. The number of halogens is 1. The molecule has 0 N–H and O–H groups in total. The Balaban J connectivity index is 1.67. The summed E-state index contributed by atoms with van der Waals surface area (Å²) in [6.45, 7) is 7.20. The molecule has 0 aromatic heterocycles. The first kappa shape index (κ1) is 23.6. The zero-order valence-electron chi connectivity index (χ0n) is 18.9. The Hall–Kier alpha value is -2.11. The number of hydrogen-bond acceptors (Lipinski definition) is 4. The predicted molar refractivity (Wildman–Crippen MR) is 129 cm³/mol. The highest BCUT2D eigenvalue weighted by molar-refractivity contribution is 9.10. The van der Waals surface area contributed by atoms with Gasteiger partial charge >= 0.3 is 5.97 Å². The topological polar surface area (TPSA) is 38.8 Å². The highest BCUT2D eigenvalue weighted by atomic mass is 79.9. The van der Waals surface area contributed by atoms with Gasteiger partial charge in [-0.05, 0) is 82.6 Å². The summed E-state index contributed by atoms with van der Waals surface area (Å²) in [5.74, 6) is 0.452. The summed E-state index contributed by atoms with van der Waals surface area (Å²) >= 11 is 3.62. The zero-order valence-corrected chi connectivity index (χ0v) is 20.4. The molecule has 0 bridgehead atoms. The van der Waals surface area contributed by atoms with Crippen LogP contribution in [0.25, 0.3) is 6.08 Å². The van der Waals surface area contributed by atoms with E-state index in [0.717, 1.165) is 27.7 Å². The van der Waals surface area contributed by atoms with E-state index in [9.17, 15) is 4.79 Å². The fraction of sp³-hybridized carbons (Fsp3) is 0.423. The maximum absolute atomic E-state index is 12.3. The number of carbonyl (C=O) groups excluding carboxylic acids is 1. The molecule has 0 amide bonds. The lowest BCUT2D eigenvalue weighted by Gasteiger charge is -2.20. The van der Waals surface area contributed by atoms with Gasteiger partial charge in [0, 0.05) is 16.1 Å². The van der Waals surface area contributed by atoms with Crippen molar-refractivity contribution in [2.24, 2.45) is 0 Å².